The zero-order chi connectivity index (χ0) is 19.4. The van der Waals surface area contributed by atoms with E-state index in [1.54, 1.807) is 48.5 Å². The Hall–Kier alpha value is -1.99. The van der Waals surface area contributed by atoms with Gasteiger partial charge in [0.05, 0.1) is 12.6 Å². The molecule has 0 aromatic heterocycles. The summed E-state index contributed by atoms with van der Waals surface area (Å²) < 4.78 is 15.6. The number of ether oxygens (including phenoxy) is 3. The molecule has 0 spiro atoms. The molecule has 0 unspecified atom stereocenters. The second kappa shape index (κ2) is 7.93. The van der Waals surface area contributed by atoms with Crippen molar-refractivity contribution in [2.75, 3.05) is 26.2 Å². The average Bonchev–Trinajstić information content (AvgIpc) is 2.31. The average molecular weight is 358 g/mol. The van der Waals surface area contributed by atoms with Crippen LogP contribution in [0.4, 0.5) is 9.59 Å². The number of likely N-dealkylation sites (tertiary alicyclic amines) is 1. The predicted octanol–water partition coefficient (Wildman–Crippen LogP) is 2.41. The van der Waals surface area contributed by atoms with Crippen molar-refractivity contribution in [3.8, 4) is 0 Å². The van der Waals surface area contributed by atoms with Crippen molar-refractivity contribution in [1.82, 2.24) is 9.80 Å². The van der Waals surface area contributed by atoms with Crippen LogP contribution in [-0.2, 0) is 19.0 Å². The van der Waals surface area contributed by atoms with Crippen molar-refractivity contribution in [3.63, 3.8) is 0 Å². The lowest BCUT2D eigenvalue weighted by atomic mass is 10.1. The molecule has 1 fully saturated rings. The molecule has 1 rings (SSSR count). The van der Waals surface area contributed by atoms with Gasteiger partial charge in [-0.1, -0.05) is 0 Å². The van der Waals surface area contributed by atoms with E-state index in [0.717, 1.165) is 0 Å². The quantitative estimate of drug-likeness (QED) is 0.567. The minimum Gasteiger partial charge on any atom is -0.465 e. The molecular weight excluding hydrogens is 328 g/mol. The first-order valence-electron chi connectivity index (χ1n) is 8.45. The second-order valence-corrected chi connectivity index (χ2v) is 7.95. The van der Waals surface area contributed by atoms with E-state index in [0.29, 0.717) is 0 Å². The first-order valence-corrected chi connectivity index (χ1v) is 8.45. The number of hydrogen-bond acceptors (Lipinski definition) is 6. The van der Waals surface area contributed by atoms with Crippen LogP contribution in [0.3, 0.4) is 0 Å². The van der Waals surface area contributed by atoms with Gasteiger partial charge in [0.1, 0.15) is 17.7 Å². The fourth-order valence-electron chi connectivity index (χ4n) is 2.14. The molecule has 0 aromatic carbocycles. The zero-order valence-electron chi connectivity index (χ0n) is 16.2. The Bertz CT molecular complexity index is 500. The van der Waals surface area contributed by atoms with Gasteiger partial charge in [-0.25, -0.2) is 9.59 Å². The normalized spacial score (nSPS) is 15.2. The Morgan fingerprint density at radius 2 is 1.52 bits per heavy atom. The summed E-state index contributed by atoms with van der Waals surface area (Å²) in [6, 6.07) is -0.313. The third-order valence-corrected chi connectivity index (χ3v) is 3.19. The molecule has 1 heterocycles. The molecular formula is C17H30N2O6. The Balaban J connectivity index is 2.70. The number of hydrogen-bond donors (Lipinski definition) is 0. The molecule has 25 heavy (non-hydrogen) atoms. The summed E-state index contributed by atoms with van der Waals surface area (Å²) in [6.07, 6.45) is -1.04. The van der Waals surface area contributed by atoms with Gasteiger partial charge in [0, 0.05) is 13.1 Å². The van der Waals surface area contributed by atoms with Gasteiger partial charge >= 0.3 is 18.2 Å². The number of nitrogens with zero attached hydrogens (tertiary/aromatic N) is 2. The third-order valence-electron chi connectivity index (χ3n) is 3.19. The molecule has 144 valence electrons. The molecule has 8 heteroatoms. The van der Waals surface area contributed by atoms with E-state index in [2.05, 4.69) is 0 Å². The highest BCUT2D eigenvalue weighted by Crippen LogP contribution is 2.21. The maximum Gasteiger partial charge on any atom is 0.411 e. The Morgan fingerprint density at radius 3 is 1.96 bits per heavy atom. The summed E-state index contributed by atoms with van der Waals surface area (Å²) >= 11 is 0. The van der Waals surface area contributed by atoms with Crippen LogP contribution in [0, 0.1) is 0 Å². The van der Waals surface area contributed by atoms with E-state index in [9.17, 15) is 14.4 Å². The van der Waals surface area contributed by atoms with Gasteiger partial charge in [0.2, 0.25) is 0 Å². The van der Waals surface area contributed by atoms with Crippen LogP contribution in [0.15, 0.2) is 0 Å². The van der Waals surface area contributed by atoms with Crippen molar-refractivity contribution in [2.24, 2.45) is 0 Å². The highest BCUT2D eigenvalue weighted by atomic mass is 16.6. The van der Waals surface area contributed by atoms with Crippen molar-refractivity contribution in [1.29, 1.82) is 0 Å². The smallest absolute Gasteiger partial charge is 0.411 e. The summed E-state index contributed by atoms with van der Waals surface area (Å²) in [5.74, 6) is -0.510. The number of carbonyl (C=O) groups excluding carboxylic acids is 3. The molecule has 0 radical (unpaired) electrons. The van der Waals surface area contributed by atoms with Crippen LogP contribution in [0.2, 0.25) is 0 Å². The monoisotopic (exact) mass is 358 g/mol. The standard InChI is InChI=1S/C17H30N2O6/c1-8-23-13(20)11-19(15(22)25-17(5,6)7)12-9-18(10-12)14(21)24-16(2,3)4/h12H,8-11H2,1-7H3. The fraction of sp³-hybridized carbons (Fsp3) is 0.824. The summed E-state index contributed by atoms with van der Waals surface area (Å²) in [5.41, 5.74) is -1.27. The Morgan fingerprint density at radius 1 is 1.00 bits per heavy atom. The maximum absolute atomic E-state index is 12.4. The molecule has 8 nitrogen and oxygen atoms in total. The van der Waals surface area contributed by atoms with E-state index >= 15 is 0 Å². The van der Waals surface area contributed by atoms with Crippen LogP contribution >= 0.6 is 0 Å². The van der Waals surface area contributed by atoms with Gasteiger partial charge in [-0.2, -0.15) is 0 Å². The SMILES string of the molecule is CCOC(=O)CN(C(=O)OC(C)(C)C)C1CN(C(=O)OC(C)(C)C)C1. The number of esters is 1. The summed E-state index contributed by atoms with van der Waals surface area (Å²) in [7, 11) is 0. The minimum absolute atomic E-state index is 0.213. The zero-order valence-corrected chi connectivity index (χ0v) is 16.2. The molecule has 1 aliphatic heterocycles. The molecule has 0 aliphatic carbocycles. The van der Waals surface area contributed by atoms with Crippen molar-refractivity contribution in [2.45, 2.75) is 65.7 Å². The molecule has 0 N–H and O–H groups in total. The lowest BCUT2D eigenvalue weighted by molar-refractivity contribution is -0.145. The predicted molar refractivity (Wildman–Crippen MR) is 91.2 cm³/mol. The van der Waals surface area contributed by atoms with E-state index in [1.165, 1.54) is 9.80 Å². The molecule has 1 aliphatic rings. The van der Waals surface area contributed by atoms with Gasteiger partial charge < -0.3 is 19.1 Å². The first-order chi connectivity index (χ1) is 11.3. The summed E-state index contributed by atoms with van der Waals surface area (Å²) in [5, 5.41) is 0. The lowest BCUT2D eigenvalue weighted by Crippen LogP contribution is -2.64. The van der Waals surface area contributed by atoms with Crippen LogP contribution in [0.5, 0.6) is 0 Å². The topological polar surface area (TPSA) is 85.4 Å². The van der Waals surface area contributed by atoms with Gasteiger partial charge in [-0.3, -0.25) is 9.69 Å². The Labute approximate surface area is 149 Å². The largest absolute Gasteiger partial charge is 0.465 e. The van der Waals surface area contributed by atoms with Crippen LogP contribution in [0.25, 0.3) is 0 Å². The van der Waals surface area contributed by atoms with Crippen LogP contribution in [-0.4, -0.2) is 71.4 Å². The summed E-state index contributed by atoms with van der Waals surface area (Å²) in [6.45, 7) is 12.9. The Kier molecular flexibility index (Phi) is 6.68. The highest BCUT2D eigenvalue weighted by Gasteiger charge is 2.41. The van der Waals surface area contributed by atoms with E-state index < -0.39 is 29.4 Å². The van der Waals surface area contributed by atoms with Crippen molar-refractivity contribution >= 4 is 18.2 Å². The van der Waals surface area contributed by atoms with Crippen molar-refractivity contribution < 1.29 is 28.6 Å². The van der Waals surface area contributed by atoms with Gasteiger partial charge in [-0.15, -0.1) is 0 Å². The molecule has 0 atom stereocenters. The molecule has 0 bridgehead atoms. The van der Waals surface area contributed by atoms with Gasteiger partial charge in [0.15, 0.2) is 0 Å². The third kappa shape index (κ3) is 7.19. The van der Waals surface area contributed by atoms with Crippen LogP contribution < -0.4 is 0 Å². The molecule has 2 amide bonds. The van der Waals surface area contributed by atoms with Crippen LogP contribution in [0.1, 0.15) is 48.5 Å². The van der Waals surface area contributed by atoms with E-state index in [1.807, 2.05) is 0 Å². The first kappa shape index (κ1) is 21.1. The van der Waals surface area contributed by atoms with Gasteiger partial charge in [-0.05, 0) is 48.5 Å². The fourth-order valence-corrected chi connectivity index (χ4v) is 2.14. The molecule has 0 aromatic rings. The molecule has 1 saturated heterocycles. The molecule has 0 saturated carbocycles. The second-order valence-electron chi connectivity index (χ2n) is 7.95. The lowest BCUT2D eigenvalue weighted by Gasteiger charge is -2.44. The number of carbonyl (C=O) groups is 3. The van der Waals surface area contributed by atoms with Crippen molar-refractivity contribution in [3.05, 3.63) is 0 Å². The van der Waals surface area contributed by atoms with Gasteiger partial charge in [0.25, 0.3) is 0 Å². The number of amides is 2. The number of rotatable bonds is 4. The van der Waals surface area contributed by atoms with E-state index in [-0.39, 0.29) is 32.3 Å². The minimum atomic E-state index is -0.682. The van der Waals surface area contributed by atoms with E-state index in [4.69, 9.17) is 14.2 Å². The summed E-state index contributed by atoms with van der Waals surface area (Å²) in [4.78, 5) is 39.0. The highest BCUT2D eigenvalue weighted by molar-refractivity contribution is 5.79. The maximum atomic E-state index is 12.4.